The van der Waals surface area contributed by atoms with Crippen LogP contribution in [-0.4, -0.2) is 28.2 Å². The maximum atomic E-state index is 9.20. The van der Waals surface area contributed by atoms with Gasteiger partial charge in [-0.25, -0.2) is 9.97 Å². The van der Waals surface area contributed by atoms with Gasteiger partial charge < -0.3 is 16.2 Å². The Kier molecular flexibility index (Phi) is 3.56. The van der Waals surface area contributed by atoms with Crippen molar-refractivity contribution in [2.24, 2.45) is 11.8 Å². The molecule has 0 amide bonds. The Hall–Kier alpha value is -1.36. The van der Waals surface area contributed by atoms with Crippen LogP contribution < -0.4 is 11.1 Å². The van der Waals surface area contributed by atoms with Gasteiger partial charge in [-0.3, -0.25) is 0 Å². The summed E-state index contributed by atoms with van der Waals surface area (Å²) in [5.74, 6) is 2.16. The number of nitrogens with one attached hydrogen (secondary N) is 1. The van der Waals surface area contributed by atoms with E-state index in [-0.39, 0.29) is 0 Å². The Bertz CT molecular complexity index is 327. The third-order valence-corrected chi connectivity index (χ3v) is 3.27. The molecule has 0 radical (unpaired) electrons. The predicted molar refractivity (Wildman–Crippen MR) is 62.9 cm³/mol. The summed E-state index contributed by atoms with van der Waals surface area (Å²) in [5, 5.41) is 12.4. The first kappa shape index (κ1) is 11.1. The van der Waals surface area contributed by atoms with Crippen LogP contribution in [0.5, 0.6) is 0 Å². The molecule has 88 valence electrons. The summed E-state index contributed by atoms with van der Waals surface area (Å²) in [7, 11) is 0. The Morgan fingerprint density at radius 3 is 2.81 bits per heavy atom. The van der Waals surface area contributed by atoms with Crippen LogP contribution >= 0.6 is 0 Å². The highest BCUT2D eigenvalue weighted by atomic mass is 16.3. The van der Waals surface area contributed by atoms with Crippen molar-refractivity contribution in [3.8, 4) is 0 Å². The molecule has 0 aromatic carbocycles. The van der Waals surface area contributed by atoms with E-state index in [1.807, 2.05) is 0 Å². The van der Waals surface area contributed by atoms with Crippen LogP contribution in [0.1, 0.15) is 19.3 Å². The lowest BCUT2D eigenvalue weighted by atomic mass is 9.97. The molecule has 1 aliphatic rings. The van der Waals surface area contributed by atoms with Crippen molar-refractivity contribution >= 4 is 11.6 Å². The summed E-state index contributed by atoms with van der Waals surface area (Å²) in [6.07, 6.45) is 6.71. The van der Waals surface area contributed by atoms with Crippen LogP contribution in [0.3, 0.4) is 0 Å². The third kappa shape index (κ3) is 2.61. The molecule has 0 saturated heterocycles. The van der Waals surface area contributed by atoms with Gasteiger partial charge in [0.25, 0.3) is 0 Å². The van der Waals surface area contributed by atoms with E-state index in [1.54, 1.807) is 12.4 Å². The van der Waals surface area contributed by atoms with E-state index in [4.69, 9.17) is 5.73 Å². The molecule has 1 aromatic heterocycles. The van der Waals surface area contributed by atoms with E-state index >= 15 is 0 Å². The van der Waals surface area contributed by atoms with Crippen molar-refractivity contribution in [2.75, 3.05) is 24.2 Å². The fourth-order valence-electron chi connectivity index (χ4n) is 2.29. The molecule has 16 heavy (non-hydrogen) atoms. The van der Waals surface area contributed by atoms with Crippen LogP contribution in [0.15, 0.2) is 12.4 Å². The zero-order chi connectivity index (χ0) is 11.4. The molecule has 5 heteroatoms. The van der Waals surface area contributed by atoms with Crippen LogP contribution in [-0.2, 0) is 0 Å². The van der Waals surface area contributed by atoms with Gasteiger partial charge in [-0.2, -0.15) is 0 Å². The van der Waals surface area contributed by atoms with Gasteiger partial charge in [0, 0.05) is 13.2 Å². The molecule has 1 aliphatic carbocycles. The second-order valence-electron chi connectivity index (χ2n) is 4.34. The van der Waals surface area contributed by atoms with Crippen molar-refractivity contribution < 1.29 is 5.11 Å². The summed E-state index contributed by atoms with van der Waals surface area (Å²) in [6.45, 7) is 1.14. The van der Waals surface area contributed by atoms with Gasteiger partial charge in [0.05, 0.1) is 12.4 Å². The smallest absolute Gasteiger partial charge is 0.144 e. The number of anilines is 2. The number of aliphatic hydroxyl groups is 1. The van der Waals surface area contributed by atoms with Crippen molar-refractivity contribution in [1.29, 1.82) is 0 Å². The average molecular weight is 222 g/mol. The average Bonchev–Trinajstić information content (AvgIpc) is 2.76. The van der Waals surface area contributed by atoms with Crippen LogP contribution in [0.4, 0.5) is 11.6 Å². The molecule has 2 unspecified atom stereocenters. The fraction of sp³-hybridized carbons (Fsp3) is 0.636. The maximum Gasteiger partial charge on any atom is 0.144 e. The molecule has 2 atom stereocenters. The Balaban J connectivity index is 1.85. The van der Waals surface area contributed by atoms with Gasteiger partial charge in [0.15, 0.2) is 0 Å². The first-order valence-electron chi connectivity index (χ1n) is 5.72. The summed E-state index contributed by atoms with van der Waals surface area (Å²) in [5.41, 5.74) is 5.45. The van der Waals surface area contributed by atoms with E-state index in [2.05, 4.69) is 15.3 Å². The SMILES string of the molecule is Nc1cnc(NCC2CCCC2CO)cn1. The molecular formula is C11H18N4O. The minimum Gasteiger partial charge on any atom is -0.396 e. The normalized spacial score (nSPS) is 24.6. The summed E-state index contributed by atoms with van der Waals surface area (Å²) in [6, 6.07) is 0. The van der Waals surface area contributed by atoms with Gasteiger partial charge in [0.1, 0.15) is 11.6 Å². The summed E-state index contributed by atoms with van der Waals surface area (Å²) < 4.78 is 0. The molecule has 0 bridgehead atoms. The molecular weight excluding hydrogens is 204 g/mol. The predicted octanol–water partition coefficient (Wildman–Crippen LogP) is 0.879. The highest BCUT2D eigenvalue weighted by Gasteiger charge is 2.26. The molecule has 1 saturated carbocycles. The lowest BCUT2D eigenvalue weighted by Gasteiger charge is -2.17. The van der Waals surface area contributed by atoms with Crippen molar-refractivity contribution in [3.63, 3.8) is 0 Å². The lowest BCUT2D eigenvalue weighted by Crippen LogP contribution is -2.21. The standard InChI is InChI=1S/C11H18N4O/c12-10-5-15-11(6-13-10)14-4-8-2-1-3-9(8)7-16/h5-6,8-9,16H,1-4,7H2,(H2,12,13)(H,14,15). The van der Waals surface area contributed by atoms with Crippen molar-refractivity contribution in [2.45, 2.75) is 19.3 Å². The first-order chi connectivity index (χ1) is 7.79. The Morgan fingerprint density at radius 2 is 2.12 bits per heavy atom. The highest BCUT2D eigenvalue weighted by Crippen LogP contribution is 2.31. The number of nitrogens with two attached hydrogens (primary N) is 1. The van der Waals surface area contributed by atoms with Gasteiger partial charge in [-0.05, 0) is 24.7 Å². The monoisotopic (exact) mass is 222 g/mol. The quantitative estimate of drug-likeness (QED) is 0.704. The lowest BCUT2D eigenvalue weighted by molar-refractivity contribution is 0.199. The largest absolute Gasteiger partial charge is 0.396 e. The van der Waals surface area contributed by atoms with Crippen molar-refractivity contribution in [1.82, 2.24) is 9.97 Å². The molecule has 1 aromatic rings. The van der Waals surface area contributed by atoms with Crippen LogP contribution in [0, 0.1) is 11.8 Å². The minimum atomic E-state index is 0.291. The number of rotatable bonds is 4. The van der Waals surface area contributed by atoms with Gasteiger partial charge in [0.2, 0.25) is 0 Å². The molecule has 2 rings (SSSR count). The molecule has 5 nitrogen and oxygen atoms in total. The van der Waals surface area contributed by atoms with Gasteiger partial charge in [-0.15, -0.1) is 0 Å². The van der Waals surface area contributed by atoms with E-state index in [9.17, 15) is 5.11 Å². The second kappa shape index (κ2) is 5.12. The second-order valence-corrected chi connectivity index (χ2v) is 4.34. The van der Waals surface area contributed by atoms with E-state index in [0.29, 0.717) is 24.3 Å². The van der Waals surface area contributed by atoms with E-state index in [0.717, 1.165) is 18.8 Å². The number of hydrogen-bond donors (Lipinski definition) is 3. The first-order valence-corrected chi connectivity index (χ1v) is 5.72. The number of hydrogen-bond acceptors (Lipinski definition) is 5. The van der Waals surface area contributed by atoms with Gasteiger partial charge in [-0.1, -0.05) is 6.42 Å². The number of aromatic nitrogens is 2. The van der Waals surface area contributed by atoms with Gasteiger partial charge >= 0.3 is 0 Å². The Labute approximate surface area is 95.1 Å². The van der Waals surface area contributed by atoms with Crippen LogP contribution in [0.25, 0.3) is 0 Å². The van der Waals surface area contributed by atoms with E-state index < -0.39 is 0 Å². The van der Waals surface area contributed by atoms with E-state index in [1.165, 1.54) is 12.8 Å². The molecule has 1 heterocycles. The number of nitrogens with zero attached hydrogens (tertiary/aromatic N) is 2. The number of nitrogen functional groups attached to an aromatic ring is 1. The molecule has 0 aliphatic heterocycles. The highest BCUT2D eigenvalue weighted by molar-refractivity contribution is 5.35. The number of aliphatic hydroxyl groups excluding tert-OH is 1. The maximum absolute atomic E-state index is 9.20. The molecule has 0 spiro atoms. The Morgan fingerprint density at radius 1 is 1.31 bits per heavy atom. The minimum absolute atomic E-state index is 0.291. The topological polar surface area (TPSA) is 84.1 Å². The summed E-state index contributed by atoms with van der Waals surface area (Å²) >= 11 is 0. The zero-order valence-corrected chi connectivity index (χ0v) is 9.26. The third-order valence-electron chi connectivity index (χ3n) is 3.27. The fourth-order valence-corrected chi connectivity index (χ4v) is 2.29. The zero-order valence-electron chi connectivity index (χ0n) is 9.26. The van der Waals surface area contributed by atoms with Crippen molar-refractivity contribution in [3.05, 3.63) is 12.4 Å². The molecule has 1 fully saturated rings. The summed E-state index contributed by atoms with van der Waals surface area (Å²) in [4.78, 5) is 8.10. The molecule has 4 N–H and O–H groups in total. The van der Waals surface area contributed by atoms with Crippen LogP contribution in [0.2, 0.25) is 0 Å².